The van der Waals surface area contributed by atoms with Gasteiger partial charge in [-0.1, -0.05) is 6.07 Å². The Balaban J connectivity index is 1.99. The molecule has 8 nitrogen and oxygen atoms in total. The van der Waals surface area contributed by atoms with Gasteiger partial charge in [-0.2, -0.15) is 0 Å². The number of rotatable bonds is 7. The monoisotopic (exact) mass is 387 g/mol. The molecule has 28 heavy (non-hydrogen) atoms. The highest BCUT2D eigenvalue weighted by Crippen LogP contribution is 2.29. The average molecular weight is 387 g/mol. The Hall–Kier alpha value is -3.26. The third kappa shape index (κ3) is 5.37. The largest absolute Gasteiger partial charge is 0.497 e. The van der Waals surface area contributed by atoms with E-state index in [0.717, 1.165) is 0 Å². The van der Waals surface area contributed by atoms with Crippen LogP contribution >= 0.6 is 0 Å². The highest BCUT2D eigenvalue weighted by Gasteiger charge is 2.16. The van der Waals surface area contributed by atoms with Gasteiger partial charge in [-0.05, 0) is 36.4 Å². The number of nitrogens with zero attached hydrogens (tertiary/aromatic N) is 1. The maximum absolute atomic E-state index is 12.2. The van der Waals surface area contributed by atoms with Gasteiger partial charge in [-0.25, -0.2) is 4.79 Å². The van der Waals surface area contributed by atoms with Crippen LogP contribution in [0.4, 0.5) is 10.5 Å². The van der Waals surface area contributed by atoms with Crippen LogP contribution in [0.1, 0.15) is 22.0 Å². The Labute approximate surface area is 164 Å². The minimum Gasteiger partial charge on any atom is -0.497 e. The standard InChI is InChI=1S/C20H25N3O5/c1-23(2)19(25)13-6-5-7-14(10-13)22-20(26)21-12-17(24)16-11-15(27-3)8-9-18(16)28-4/h5-11,17,24H,12H2,1-4H3,(H2,21,22,26). The first kappa shape index (κ1) is 21.0. The van der Waals surface area contributed by atoms with Crippen LogP contribution in [0.5, 0.6) is 11.5 Å². The molecule has 0 aromatic heterocycles. The zero-order valence-electron chi connectivity index (χ0n) is 16.4. The lowest BCUT2D eigenvalue weighted by molar-refractivity contribution is 0.0827. The minimum atomic E-state index is -0.988. The number of urea groups is 1. The molecule has 2 rings (SSSR count). The number of aliphatic hydroxyl groups is 1. The van der Waals surface area contributed by atoms with E-state index in [0.29, 0.717) is 28.3 Å². The molecule has 8 heteroatoms. The van der Waals surface area contributed by atoms with E-state index in [-0.39, 0.29) is 12.5 Å². The maximum atomic E-state index is 12.2. The predicted molar refractivity (Wildman–Crippen MR) is 106 cm³/mol. The zero-order chi connectivity index (χ0) is 20.7. The molecular formula is C20H25N3O5. The van der Waals surface area contributed by atoms with Gasteiger partial charge < -0.3 is 30.1 Å². The van der Waals surface area contributed by atoms with Gasteiger partial charge in [0.15, 0.2) is 0 Å². The third-order valence-electron chi connectivity index (χ3n) is 4.03. The molecule has 0 aliphatic carbocycles. The van der Waals surface area contributed by atoms with Crippen molar-refractivity contribution in [2.45, 2.75) is 6.10 Å². The van der Waals surface area contributed by atoms with E-state index in [4.69, 9.17) is 9.47 Å². The summed E-state index contributed by atoms with van der Waals surface area (Å²) in [6.07, 6.45) is -0.988. The van der Waals surface area contributed by atoms with Crippen molar-refractivity contribution in [2.24, 2.45) is 0 Å². The lowest BCUT2D eigenvalue weighted by atomic mass is 10.1. The van der Waals surface area contributed by atoms with Crippen molar-refractivity contribution in [3.63, 3.8) is 0 Å². The number of ether oxygens (including phenoxy) is 2. The number of anilines is 1. The van der Waals surface area contributed by atoms with Gasteiger partial charge in [-0.15, -0.1) is 0 Å². The highest BCUT2D eigenvalue weighted by atomic mass is 16.5. The van der Waals surface area contributed by atoms with Crippen LogP contribution in [0, 0.1) is 0 Å². The number of nitrogens with one attached hydrogen (secondary N) is 2. The third-order valence-corrected chi connectivity index (χ3v) is 4.03. The summed E-state index contributed by atoms with van der Waals surface area (Å²) in [5.41, 5.74) is 1.43. The molecule has 0 fully saturated rings. The first-order chi connectivity index (χ1) is 13.3. The van der Waals surface area contributed by atoms with Crippen molar-refractivity contribution >= 4 is 17.6 Å². The van der Waals surface area contributed by atoms with Gasteiger partial charge in [-0.3, -0.25) is 4.79 Å². The minimum absolute atomic E-state index is 0.0360. The number of carbonyl (C=O) groups is 2. The Kier molecular flexibility index (Phi) is 7.22. The molecule has 150 valence electrons. The summed E-state index contributed by atoms with van der Waals surface area (Å²) < 4.78 is 10.4. The van der Waals surface area contributed by atoms with E-state index in [1.807, 2.05) is 0 Å². The van der Waals surface area contributed by atoms with E-state index < -0.39 is 12.1 Å². The fourth-order valence-electron chi connectivity index (χ4n) is 2.56. The van der Waals surface area contributed by atoms with E-state index in [9.17, 15) is 14.7 Å². The second-order valence-electron chi connectivity index (χ2n) is 6.24. The predicted octanol–water partition coefficient (Wildman–Crippen LogP) is 2.26. The normalized spacial score (nSPS) is 11.3. The number of hydrogen-bond donors (Lipinski definition) is 3. The van der Waals surface area contributed by atoms with Crippen LogP contribution in [-0.4, -0.2) is 56.8 Å². The summed E-state index contributed by atoms with van der Waals surface area (Å²) >= 11 is 0. The number of hydrogen-bond acceptors (Lipinski definition) is 5. The molecule has 3 N–H and O–H groups in total. The van der Waals surface area contributed by atoms with Crippen LogP contribution in [0.2, 0.25) is 0 Å². The molecule has 0 bridgehead atoms. The van der Waals surface area contributed by atoms with Crippen molar-refractivity contribution in [3.8, 4) is 11.5 Å². The van der Waals surface area contributed by atoms with E-state index in [1.165, 1.54) is 19.1 Å². The van der Waals surface area contributed by atoms with E-state index in [1.54, 1.807) is 56.6 Å². The quantitative estimate of drug-likeness (QED) is 0.677. The number of methoxy groups -OCH3 is 2. The van der Waals surface area contributed by atoms with Crippen molar-refractivity contribution in [3.05, 3.63) is 53.6 Å². The van der Waals surface area contributed by atoms with Crippen molar-refractivity contribution < 1.29 is 24.2 Å². The lowest BCUT2D eigenvalue weighted by Crippen LogP contribution is -2.32. The highest BCUT2D eigenvalue weighted by molar-refractivity contribution is 5.96. The second-order valence-corrected chi connectivity index (χ2v) is 6.24. The molecule has 1 atom stereocenters. The van der Waals surface area contributed by atoms with E-state index in [2.05, 4.69) is 10.6 Å². The lowest BCUT2D eigenvalue weighted by Gasteiger charge is -2.17. The molecule has 0 heterocycles. The summed E-state index contributed by atoms with van der Waals surface area (Å²) in [6.45, 7) is -0.0360. The first-order valence-corrected chi connectivity index (χ1v) is 8.62. The molecule has 0 radical (unpaired) electrons. The molecule has 0 saturated carbocycles. The molecule has 1 unspecified atom stereocenters. The molecule has 0 spiro atoms. The van der Waals surface area contributed by atoms with Crippen LogP contribution in [0.25, 0.3) is 0 Å². The van der Waals surface area contributed by atoms with Crippen molar-refractivity contribution in [1.82, 2.24) is 10.2 Å². The Morgan fingerprint density at radius 1 is 1.11 bits per heavy atom. The van der Waals surface area contributed by atoms with Gasteiger partial charge >= 0.3 is 6.03 Å². The molecular weight excluding hydrogens is 362 g/mol. The summed E-state index contributed by atoms with van der Waals surface area (Å²) in [5, 5.41) is 15.7. The fourth-order valence-corrected chi connectivity index (χ4v) is 2.56. The summed E-state index contributed by atoms with van der Waals surface area (Å²) in [6, 6.07) is 11.2. The smallest absolute Gasteiger partial charge is 0.319 e. The van der Waals surface area contributed by atoms with Gasteiger partial charge in [0, 0.05) is 37.5 Å². The molecule has 2 aromatic carbocycles. The molecule has 3 amide bonds. The van der Waals surface area contributed by atoms with Crippen LogP contribution in [0.15, 0.2) is 42.5 Å². The Morgan fingerprint density at radius 3 is 2.50 bits per heavy atom. The zero-order valence-corrected chi connectivity index (χ0v) is 16.4. The molecule has 2 aromatic rings. The topological polar surface area (TPSA) is 100 Å². The van der Waals surface area contributed by atoms with Crippen LogP contribution < -0.4 is 20.1 Å². The maximum Gasteiger partial charge on any atom is 0.319 e. The van der Waals surface area contributed by atoms with Crippen LogP contribution in [-0.2, 0) is 0 Å². The van der Waals surface area contributed by atoms with E-state index >= 15 is 0 Å². The van der Waals surface area contributed by atoms with Crippen LogP contribution in [0.3, 0.4) is 0 Å². The Morgan fingerprint density at radius 2 is 1.86 bits per heavy atom. The Bertz CT molecular complexity index is 838. The van der Waals surface area contributed by atoms with Gasteiger partial charge in [0.1, 0.15) is 17.6 Å². The van der Waals surface area contributed by atoms with Crippen molar-refractivity contribution in [1.29, 1.82) is 0 Å². The van der Waals surface area contributed by atoms with Gasteiger partial charge in [0.2, 0.25) is 0 Å². The first-order valence-electron chi connectivity index (χ1n) is 8.62. The van der Waals surface area contributed by atoms with Crippen molar-refractivity contribution in [2.75, 3.05) is 40.2 Å². The van der Waals surface area contributed by atoms with Gasteiger partial charge in [0.25, 0.3) is 5.91 Å². The number of benzene rings is 2. The summed E-state index contributed by atoms with van der Waals surface area (Å²) in [7, 11) is 6.34. The summed E-state index contributed by atoms with van der Waals surface area (Å²) in [4.78, 5) is 25.6. The fraction of sp³-hybridized carbons (Fsp3) is 0.300. The van der Waals surface area contributed by atoms with Gasteiger partial charge in [0.05, 0.1) is 14.2 Å². The molecule has 0 saturated heterocycles. The SMILES string of the molecule is COc1ccc(OC)c(C(O)CNC(=O)Nc2cccc(C(=O)N(C)C)c2)c1. The summed E-state index contributed by atoms with van der Waals surface area (Å²) in [5.74, 6) is 0.900. The number of amides is 3. The number of aliphatic hydroxyl groups excluding tert-OH is 1. The average Bonchev–Trinajstić information content (AvgIpc) is 2.70. The molecule has 0 aliphatic heterocycles. The molecule has 0 aliphatic rings. The number of carbonyl (C=O) groups excluding carboxylic acids is 2. The second kappa shape index (κ2) is 9.61.